The summed E-state index contributed by atoms with van der Waals surface area (Å²) >= 11 is 0. The highest BCUT2D eigenvalue weighted by atomic mass is 16.5. The fourth-order valence-corrected chi connectivity index (χ4v) is 5.97. The molecule has 37 heavy (non-hydrogen) atoms. The Hall–Kier alpha value is -3.66. The van der Waals surface area contributed by atoms with Crippen molar-refractivity contribution in [1.82, 2.24) is 19.5 Å². The molecule has 10 heteroatoms. The number of aromatic nitrogens is 3. The molecule has 3 aliphatic heterocycles. The molecule has 0 radical (unpaired) electrons. The number of ether oxygens (including phenoxy) is 1. The smallest absolute Gasteiger partial charge is 0.261 e. The first-order valence-electron chi connectivity index (χ1n) is 13.1. The first-order chi connectivity index (χ1) is 17.9. The van der Waals surface area contributed by atoms with Crippen molar-refractivity contribution in [3.63, 3.8) is 0 Å². The monoisotopic (exact) mass is 503 g/mol. The Kier molecular flexibility index (Phi) is 5.98. The van der Waals surface area contributed by atoms with Crippen molar-refractivity contribution in [3.8, 4) is 5.75 Å². The Morgan fingerprint density at radius 3 is 2.73 bits per heavy atom. The zero-order valence-corrected chi connectivity index (χ0v) is 21.2. The molecule has 3 aliphatic rings. The minimum atomic E-state index is -0.247. The maximum absolute atomic E-state index is 13.4. The molecule has 2 aromatic heterocycles. The van der Waals surface area contributed by atoms with E-state index in [4.69, 9.17) is 10.5 Å². The van der Waals surface area contributed by atoms with Crippen molar-refractivity contribution >= 4 is 28.8 Å². The average Bonchev–Trinajstić information content (AvgIpc) is 3.47. The van der Waals surface area contributed by atoms with E-state index in [0.29, 0.717) is 23.5 Å². The molecule has 0 bridgehead atoms. The standard InChI is InChI=1S/C27H33N7O3/c1-32-11-5-27(6-12-32)16-19-14-21(31-26(36)20-17-30-34-8-2-7-29-25(20)34)22(15-23(19)37-27)33-9-3-18(4-10-33)13-24(28)35/h2,7-8,14-15,17-18H,3-6,9-13,16H2,1H3,(H2,28,35)(H,31,36). The molecular formula is C27H33N7O3. The van der Waals surface area contributed by atoms with Gasteiger partial charge in [-0.25, -0.2) is 9.50 Å². The molecule has 1 spiro atoms. The van der Waals surface area contributed by atoms with E-state index < -0.39 is 0 Å². The number of primary amides is 1. The summed E-state index contributed by atoms with van der Waals surface area (Å²) in [4.78, 5) is 33.8. The van der Waals surface area contributed by atoms with Gasteiger partial charge < -0.3 is 25.6 Å². The van der Waals surface area contributed by atoms with E-state index in [1.54, 1.807) is 29.2 Å². The second kappa shape index (κ2) is 9.33. The lowest BCUT2D eigenvalue weighted by Gasteiger charge is -2.37. The van der Waals surface area contributed by atoms with E-state index in [0.717, 1.165) is 81.0 Å². The Bertz CT molecular complexity index is 1340. The molecule has 2 amide bonds. The Morgan fingerprint density at radius 1 is 1.19 bits per heavy atom. The van der Waals surface area contributed by atoms with Crippen molar-refractivity contribution in [2.24, 2.45) is 11.7 Å². The topological polar surface area (TPSA) is 118 Å². The van der Waals surface area contributed by atoms with Gasteiger partial charge in [-0.15, -0.1) is 0 Å². The van der Waals surface area contributed by atoms with Crippen LogP contribution in [-0.4, -0.2) is 70.1 Å². The number of anilines is 2. The van der Waals surface area contributed by atoms with Gasteiger partial charge in [0.2, 0.25) is 5.91 Å². The number of nitrogens with one attached hydrogen (secondary N) is 1. The van der Waals surface area contributed by atoms with E-state index in [2.05, 4.69) is 44.4 Å². The summed E-state index contributed by atoms with van der Waals surface area (Å²) in [6, 6.07) is 5.96. The number of rotatable bonds is 5. The molecule has 3 N–H and O–H groups in total. The number of carbonyl (C=O) groups is 2. The van der Waals surface area contributed by atoms with E-state index in [1.807, 2.05) is 0 Å². The highest BCUT2D eigenvalue weighted by Crippen LogP contribution is 2.46. The molecular weight excluding hydrogens is 470 g/mol. The molecule has 0 unspecified atom stereocenters. The van der Waals surface area contributed by atoms with Gasteiger partial charge in [0.1, 0.15) is 16.9 Å². The van der Waals surface area contributed by atoms with Crippen molar-refractivity contribution in [3.05, 3.63) is 47.9 Å². The van der Waals surface area contributed by atoms with Gasteiger partial charge in [0.25, 0.3) is 5.91 Å². The molecule has 2 saturated heterocycles. The first-order valence-corrected chi connectivity index (χ1v) is 13.1. The average molecular weight is 504 g/mol. The van der Waals surface area contributed by atoms with Crippen LogP contribution in [0.2, 0.25) is 0 Å². The number of benzene rings is 1. The summed E-state index contributed by atoms with van der Waals surface area (Å²) in [6.07, 6.45) is 9.98. The molecule has 0 saturated carbocycles. The van der Waals surface area contributed by atoms with Gasteiger partial charge in [-0.2, -0.15) is 5.10 Å². The zero-order chi connectivity index (χ0) is 25.6. The molecule has 5 heterocycles. The second-order valence-corrected chi connectivity index (χ2v) is 10.7. The van der Waals surface area contributed by atoms with Crippen LogP contribution in [0, 0.1) is 5.92 Å². The number of likely N-dealkylation sites (tertiary alicyclic amines) is 1. The maximum atomic E-state index is 13.4. The van der Waals surface area contributed by atoms with Crippen LogP contribution in [0.3, 0.4) is 0 Å². The minimum absolute atomic E-state index is 0.171. The molecule has 2 fully saturated rings. The second-order valence-electron chi connectivity index (χ2n) is 10.7. The van der Waals surface area contributed by atoms with E-state index >= 15 is 0 Å². The maximum Gasteiger partial charge on any atom is 0.261 e. The van der Waals surface area contributed by atoms with Crippen LogP contribution < -0.4 is 20.7 Å². The molecule has 0 atom stereocenters. The van der Waals surface area contributed by atoms with Crippen LogP contribution in [0.5, 0.6) is 5.75 Å². The zero-order valence-electron chi connectivity index (χ0n) is 21.2. The number of hydrogen-bond acceptors (Lipinski definition) is 7. The predicted molar refractivity (Wildman–Crippen MR) is 140 cm³/mol. The molecule has 194 valence electrons. The minimum Gasteiger partial charge on any atom is -0.486 e. The normalized spacial score (nSPS) is 19.6. The Labute approximate surface area is 215 Å². The van der Waals surface area contributed by atoms with Crippen LogP contribution in [0.4, 0.5) is 11.4 Å². The van der Waals surface area contributed by atoms with Crippen LogP contribution >= 0.6 is 0 Å². The SMILES string of the molecule is CN1CCC2(CC1)Cc1cc(NC(=O)c3cnn4cccnc34)c(N3CCC(CC(N)=O)CC3)cc1O2. The third-order valence-corrected chi connectivity index (χ3v) is 8.13. The summed E-state index contributed by atoms with van der Waals surface area (Å²) in [7, 11) is 2.15. The van der Waals surface area contributed by atoms with Gasteiger partial charge in [-0.3, -0.25) is 9.59 Å². The number of piperidine rings is 2. The third kappa shape index (κ3) is 4.61. The van der Waals surface area contributed by atoms with E-state index in [1.165, 1.54) is 0 Å². The van der Waals surface area contributed by atoms with Crippen molar-refractivity contribution in [2.45, 2.75) is 44.1 Å². The van der Waals surface area contributed by atoms with Gasteiger partial charge in [0.15, 0.2) is 5.65 Å². The highest BCUT2D eigenvalue weighted by molar-refractivity contribution is 6.09. The number of fused-ring (bicyclic) bond motifs is 2. The molecule has 6 rings (SSSR count). The van der Waals surface area contributed by atoms with Crippen LogP contribution in [-0.2, 0) is 11.2 Å². The van der Waals surface area contributed by atoms with E-state index in [-0.39, 0.29) is 17.4 Å². The van der Waals surface area contributed by atoms with Crippen molar-refractivity contribution in [2.75, 3.05) is 43.4 Å². The first kappa shape index (κ1) is 23.7. The van der Waals surface area contributed by atoms with Crippen LogP contribution in [0.15, 0.2) is 36.8 Å². The molecule has 3 aromatic rings. The summed E-state index contributed by atoms with van der Waals surface area (Å²) < 4.78 is 8.23. The lowest BCUT2D eigenvalue weighted by atomic mass is 9.87. The Balaban J connectivity index is 1.30. The number of carbonyl (C=O) groups excluding carboxylic acids is 2. The third-order valence-electron chi connectivity index (χ3n) is 8.13. The van der Waals surface area contributed by atoms with Crippen molar-refractivity contribution < 1.29 is 14.3 Å². The largest absolute Gasteiger partial charge is 0.486 e. The van der Waals surface area contributed by atoms with Gasteiger partial charge in [0, 0.05) is 75.9 Å². The van der Waals surface area contributed by atoms with Crippen LogP contribution in [0.25, 0.3) is 5.65 Å². The Morgan fingerprint density at radius 2 is 1.97 bits per heavy atom. The quantitative estimate of drug-likeness (QED) is 0.549. The lowest BCUT2D eigenvalue weighted by molar-refractivity contribution is -0.119. The van der Waals surface area contributed by atoms with Crippen molar-refractivity contribution in [1.29, 1.82) is 0 Å². The predicted octanol–water partition coefficient (Wildman–Crippen LogP) is 2.47. The van der Waals surface area contributed by atoms with Gasteiger partial charge in [-0.05, 0) is 37.9 Å². The van der Waals surface area contributed by atoms with E-state index in [9.17, 15) is 9.59 Å². The summed E-state index contributed by atoms with van der Waals surface area (Å²) in [6.45, 7) is 3.60. The molecule has 1 aromatic carbocycles. The fraction of sp³-hybridized carbons (Fsp3) is 0.481. The fourth-order valence-electron chi connectivity index (χ4n) is 5.97. The number of amides is 2. The number of nitrogens with two attached hydrogens (primary N) is 1. The summed E-state index contributed by atoms with van der Waals surface area (Å²) in [5.41, 5.74) is 9.05. The number of hydrogen-bond donors (Lipinski definition) is 2. The highest BCUT2D eigenvalue weighted by Gasteiger charge is 2.42. The lowest BCUT2D eigenvalue weighted by Crippen LogP contribution is -2.45. The van der Waals surface area contributed by atoms with Gasteiger partial charge in [0.05, 0.1) is 17.6 Å². The van der Waals surface area contributed by atoms with Gasteiger partial charge >= 0.3 is 0 Å². The number of nitrogens with zero attached hydrogens (tertiary/aromatic N) is 5. The molecule has 10 nitrogen and oxygen atoms in total. The van der Waals surface area contributed by atoms with Gasteiger partial charge in [-0.1, -0.05) is 0 Å². The summed E-state index contributed by atoms with van der Waals surface area (Å²) in [5, 5.41) is 7.43. The summed E-state index contributed by atoms with van der Waals surface area (Å²) in [5.74, 6) is 0.716. The molecule has 0 aliphatic carbocycles. The van der Waals surface area contributed by atoms with Crippen LogP contribution in [0.1, 0.15) is 48.0 Å².